The molecule has 0 aliphatic rings. The van der Waals surface area contributed by atoms with Gasteiger partial charge in [0.05, 0.1) is 0 Å². The summed E-state index contributed by atoms with van der Waals surface area (Å²) in [6.45, 7) is 14.3. The van der Waals surface area contributed by atoms with Gasteiger partial charge in [-0.1, -0.05) is 67.2 Å². The second kappa shape index (κ2) is 8.19. The fourth-order valence-corrected chi connectivity index (χ4v) is 2.37. The Morgan fingerprint density at radius 1 is 0.867 bits per heavy atom. The van der Waals surface area contributed by atoms with Gasteiger partial charge >= 0.3 is 0 Å². The first-order valence-electron chi connectivity index (χ1n) is 7.02. The number of rotatable bonds is 8. The molecule has 0 bridgehead atoms. The van der Waals surface area contributed by atoms with Crippen LogP contribution in [-0.2, 0) is 0 Å². The molecule has 0 aromatic rings. The van der Waals surface area contributed by atoms with Gasteiger partial charge in [0.25, 0.3) is 0 Å². The fraction of sp³-hybridized carbons (Fsp3) is 1.00. The smallest absolute Gasteiger partial charge is 0.0391 e. The lowest BCUT2D eigenvalue weighted by Crippen LogP contribution is -2.18. The second-order valence-corrected chi connectivity index (χ2v) is 5.71. The van der Waals surface area contributed by atoms with Gasteiger partial charge in [-0.05, 0) is 30.1 Å². The van der Waals surface area contributed by atoms with Gasteiger partial charge in [-0.25, -0.2) is 0 Å². The Morgan fingerprint density at radius 3 is 1.93 bits per heavy atom. The van der Waals surface area contributed by atoms with E-state index < -0.39 is 0 Å². The summed E-state index contributed by atoms with van der Waals surface area (Å²) in [5, 5.41) is 0. The molecule has 0 nitrogen and oxygen atoms in total. The van der Waals surface area contributed by atoms with E-state index >= 15 is 0 Å². The molecule has 0 rings (SSSR count). The third kappa shape index (κ3) is 6.22. The van der Waals surface area contributed by atoms with Crippen LogP contribution in [0.3, 0.4) is 0 Å². The predicted octanol–water partition coefficient (Wildman–Crippen LogP) is 5.52. The summed E-state index contributed by atoms with van der Waals surface area (Å²) in [5.74, 6) is 3.60. The van der Waals surface area contributed by atoms with E-state index in [2.05, 4.69) is 41.5 Å². The minimum absolute atomic E-state index is 0.894. The topological polar surface area (TPSA) is 0 Å². The van der Waals surface area contributed by atoms with Crippen molar-refractivity contribution in [2.75, 3.05) is 0 Å². The van der Waals surface area contributed by atoms with E-state index in [1.54, 1.807) is 0 Å². The molecule has 0 fully saturated rings. The maximum Gasteiger partial charge on any atom is -0.0391 e. The Morgan fingerprint density at radius 2 is 1.47 bits per heavy atom. The average Bonchev–Trinajstić information content (AvgIpc) is 2.24. The van der Waals surface area contributed by atoms with Crippen LogP contribution in [0.4, 0.5) is 0 Å². The van der Waals surface area contributed by atoms with Crippen LogP contribution in [0.2, 0.25) is 0 Å². The zero-order valence-electron chi connectivity index (χ0n) is 11.8. The third-order valence-electron chi connectivity index (χ3n) is 4.28. The van der Waals surface area contributed by atoms with Crippen LogP contribution in [0.1, 0.15) is 73.6 Å². The van der Waals surface area contributed by atoms with Crippen molar-refractivity contribution in [3.63, 3.8) is 0 Å². The first-order valence-corrected chi connectivity index (χ1v) is 7.02. The number of hydrogen-bond acceptors (Lipinski definition) is 0. The van der Waals surface area contributed by atoms with Gasteiger partial charge in [0.1, 0.15) is 0 Å². The predicted molar refractivity (Wildman–Crippen MR) is 71.1 cm³/mol. The molecule has 0 aromatic carbocycles. The summed E-state index contributed by atoms with van der Waals surface area (Å²) in [7, 11) is 0. The number of hydrogen-bond donors (Lipinski definition) is 0. The maximum atomic E-state index is 2.45. The van der Waals surface area contributed by atoms with Gasteiger partial charge in [0.15, 0.2) is 0 Å². The lowest BCUT2D eigenvalue weighted by atomic mass is 9.78. The molecule has 0 N–H and O–H groups in total. The Bertz CT molecular complexity index is 139. The third-order valence-corrected chi connectivity index (χ3v) is 4.28. The monoisotopic (exact) mass is 212 g/mol. The van der Waals surface area contributed by atoms with Crippen LogP contribution in [-0.4, -0.2) is 0 Å². The molecule has 0 aliphatic heterocycles. The summed E-state index contributed by atoms with van der Waals surface area (Å²) in [5.41, 5.74) is 0. The molecule has 4 atom stereocenters. The van der Waals surface area contributed by atoms with E-state index in [1.165, 1.54) is 32.1 Å². The molecule has 0 aliphatic carbocycles. The fourth-order valence-electron chi connectivity index (χ4n) is 2.37. The van der Waals surface area contributed by atoms with E-state index in [0.29, 0.717) is 0 Å². The molecule has 4 unspecified atom stereocenters. The van der Waals surface area contributed by atoms with Crippen molar-refractivity contribution in [1.29, 1.82) is 0 Å². The highest BCUT2D eigenvalue weighted by molar-refractivity contribution is 4.70. The normalized spacial score (nSPS) is 19.6. The van der Waals surface area contributed by atoms with Crippen molar-refractivity contribution in [2.24, 2.45) is 23.7 Å². The van der Waals surface area contributed by atoms with Crippen molar-refractivity contribution < 1.29 is 0 Å². The van der Waals surface area contributed by atoms with Crippen LogP contribution in [0.5, 0.6) is 0 Å². The first-order chi connectivity index (χ1) is 7.02. The Hall–Kier alpha value is 0. The van der Waals surface area contributed by atoms with E-state index in [4.69, 9.17) is 0 Å². The molecule has 0 heterocycles. The highest BCUT2D eigenvalue weighted by Gasteiger charge is 2.19. The molecule has 0 saturated carbocycles. The maximum absolute atomic E-state index is 2.45. The standard InChI is InChI=1S/C15H32/c1-7-9-10-13(4)15(6)14(5)11-12(3)8-2/h12-15H,7-11H2,1-6H3. The number of unbranched alkanes of at least 4 members (excludes halogenated alkanes) is 1. The van der Waals surface area contributed by atoms with Gasteiger partial charge in [-0.15, -0.1) is 0 Å². The Labute approximate surface area is 97.8 Å². The minimum Gasteiger partial charge on any atom is -0.0654 e. The minimum atomic E-state index is 0.894. The van der Waals surface area contributed by atoms with Crippen LogP contribution >= 0.6 is 0 Å². The van der Waals surface area contributed by atoms with Crippen molar-refractivity contribution in [3.8, 4) is 0 Å². The van der Waals surface area contributed by atoms with E-state index in [1.807, 2.05) is 0 Å². The van der Waals surface area contributed by atoms with Gasteiger partial charge < -0.3 is 0 Å². The second-order valence-electron chi connectivity index (χ2n) is 5.71. The SMILES string of the molecule is CCCCC(C)C(C)C(C)CC(C)CC. The molecule has 0 heteroatoms. The van der Waals surface area contributed by atoms with Crippen LogP contribution < -0.4 is 0 Å². The van der Waals surface area contributed by atoms with E-state index in [-0.39, 0.29) is 0 Å². The zero-order valence-corrected chi connectivity index (χ0v) is 11.8. The molecule has 0 amide bonds. The van der Waals surface area contributed by atoms with Crippen molar-refractivity contribution >= 4 is 0 Å². The van der Waals surface area contributed by atoms with Crippen molar-refractivity contribution in [2.45, 2.75) is 73.6 Å². The molecular formula is C15H32. The first kappa shape index (κ1) is 15.0. The summed E-state index contributed by atoms with van der Waals surface area (Å²) in [4.78, 5) is 0. The Balaban J connectivity index is 3.89. The van der Waals surface area contributed by atoms with E-state index in [9.17, 15) is 0 Å². The van der Waals surface area contributed by atoms with Gasteiger partial charge in [-0.2, -0.15) is 0 Å². The van der Waals surface area contributed by atoms with Gasteiger partial charge in [-0.3, -0.25) is 0 Å². The van der Waals surface area contributed by atoms with Gasteiger partial charge in [0.2, 0.25) is 0 Å². The van der Waals surface area contributed by atoms with E-state index in [0.717, 1.165) is 23.7 Å². The summed E-state index contributed by atoms with van der Waals surface area (Å²) in [6.07, 6.45) is 6.91. The largest absolute Gasteiger partial charge is 0.0654 e. The Kier molecular flexibility index (Phi) is 8.19. The highest BCUT2D eigenvalue weighted by Crippen LogP contribution is 2.29. The summed E-state index contributed by atoms with van der Waals surface area (Å²) < 4.78 is 0. The molecule has 92 valence electrons. The summed E-state index contributed by atoms with van der Waals surface area (Å²) >= 11 is 0. The van der Waals surface area contributed by atoms with Crippen molar-refractivity contribution in [3.05, 3.63) is 0 Å². The van der Waals surface area contributed by atoms with Crippen LogP contribution in [0, 0.1) is 23.7 Å². The van der Waals surface area contributed by atoms with Crippen molar-refractivity contribution in [1.82, 2.24) is 0 Å². The van der Waals surface area contributed by atoms with Crippen LogP contribution in [0.25, 0.3) is 0 Å². The molecular weight excluding hydrogens is 180 g/mol. The molecule has 0 spiro atoms. The highest BCUT2D eigenvalue weighted by atomic mass is 14.3. The molecule has 0 aromatic heterocycles. The van der Waals surface area contributed by atoms with Gasteiger partial charge in [0, 0.05) is 0 Å². The average molecular weight is 212 g/mol. The van der Waals surface area contributed by atoms with Crippen LogP contribution in [0.15, 0.2) is 0 Å². The molecule has 0 saturated heterocycles. The zero-order chi connectivity index (χ0) is 11.8. The quantitative estimate of drug-likeness (QED) is 0.497. The summed E-state index contributed by atoms with van der Waals surface area (Å²) in [6, 6.07) is 0. The lowest BCUT2D eigenvalue weighted by molar-refractivity contribution is 0.226. The lowest BCUT2D eigenvalue weighted by Gasteiger charge is -2.28. The molecule has 15 heavy (non-hydrogen) atoms. The molecule has 0 radical (unpaired) electrons.